The van der Waals surface area contributed by atoms with Gasteiger partial charge in [0.15, 0.2) is 0 Å². The van der Waals surface area contributed by atoms with Crippen LogP contribution >= 0.6 is 11.8 Å². The number of aromatic nitrogens is 4. The minimum atomic E-state index is -0.146. The molecule has 1 aromatic carbocycles. The van der Waals surface area contributed by atoms with Gasteiger partial charge in [-0.2, -0.15) is 4.98 Å². The van der Waals surface area contributed by atoms with Crippen LogP contribution in [0.2, 0.25) is 0 Å². The summed E-state index contributed by atoms with van der Waals surface area (Å²) in [5.74, 6) is 0.558. The second-order valence-corrected chi connectivity index (χ2v) is 8.55. The number of hydrogen-bond acceptors (Lipinski definition) is 5. The average Bonchev–Trinajstić information content (AvgIpc) is 3.07. The van der Waals surface area contributed by atoms with Crippen molar-refractivity contribution in [3.63, 3.8) is 0 Å². The molecule has 0 unspecified atom stereocenters. The van der Waals surface area contributed by atoms with Crippen LogP contribution < -0.4 is 5.32 Å². The van der Waals surface area contributed by atoms with Crippen LogP contribution in [0, 0.1) is 20.8 Å². The second-order valence-electron chi connectivity index (χ2n) is 7.78. The normalized spacial score (nSPS) is 11.8. The zero-order valence-electron chi connectivity index (χ0n) is 17.3. The lowest BCUT2D eigenvalue weighted by Crippen LogP contribution is -2.37. The fourth-order valence-electron chi connectivity index (χ4n) is 3.24. The molecule has 0 aliphatic carbocycles. The number of benzene rings is 1. The van der Waals surface area contributed by atoms with Gasteiger partial charge in [-0.3, -0.25) is 4.79 Å². The highest BCUT2D eigenvalue weighted by molar-refractivity contribution is 7.98. The fraction of sp³-hybridized carbons (Fsp3) is 0.429. The molecule has 148 valence electrons. The highest BCUT2D eigenvalue weighted by Gasteiger charge is 2.22. The highest BCUT2D eigenvalue weighted by atomic mass is 32.2. The Morgan fingerprint density at radius 1 is 1.21 bits per heavy atom. The predicted octanol–water partition coefficient (Wildman–Crippen LogP) is 3.41. The molecule has 0 saturated carbocycles. The van der Waals surface area contributed by atoms with E-state index in [9.17, 15) is 4.79 Å². The number of nitrogens with one attached hydrogen (secondary N) is 1. The topological polar surface area (TPSA) is 72.2 Å². The molecule has 3 aromatic rings. The Bertz CT molecular complexity index is 1030. The number of aryl methyl sites for hydroxylation is 3. The van der Waals surface area contributed by atoms with Crippen LogP contribution in [0.4, 0.5) is 0 Å². The first kappa shape index (κ1) is 20.3. The summed E-state index contributed by atoms with van der Waals surface area (Å²) in [6.07, 6.45) is 2.21. The minimum Gasteiger partial charge on any atom is -0.355 e. The predicted molar refractivity (Wildman–Crippen MR) is 113 cm³/mol. The van der Waals surface area contributed by atoms with E-state index in [1.165, 1.54) is 22.9 Å². The van der Waals surface area contributed by atoms with Gasteiger partial charge >= 0.3 is 0 Å². The third-order valence-electron chi connectivity index (χ3n) is 5.08. The molecule has 0 spiro atoms. The Kier molecular flexibility index (Phi) is 5.74. The maximum Gasteiger partial charge on any atom is 0.253 e. The largest absolute Gasteiger partial charge is 0.355 e. The SMILES string of the molecule is CSc1nc2nc(C)c(CC(=O)NCC(C)(C)c3cccc(C)c3)c(C)n2n1. The van der Waals surface area contributed by atoms with Gasteiger partial charge in [-0.05, 0) is 32.6 Å². The van der Waals surface area contributed by atoms with Crippen molar-refractivity contribution < 1.29 is 4.79 Å². The molecule has 7 heteroatoms. The third kappa shape index (κ3) is 4.19. The zero-order chi connectivity index (χ0) is 20.5. The Morgan fingerprint density at radius 3 is 2.64 bits per heavy atom. The first-order valence-corrected chi connectivity index (χ1v) is 10.5. The average molecular weight is 398 g/mol. The molecule has 6 nitrogen and oxygen atoms in total. The number of rotatable bonds is 6. The van der Waals surface area contributed by atoms with Crippen LogP contribution in [0.15, 0.2) is 29.4 Å². The molecule has 0 saturated heterocycles. The first-order chi connectivity index (χ1) is 13.2. The Labute approximate surface area is 170 Å². The Balaban J connectivity index is 1.74. The van der Waals surface area contributed by atoms with Gasteiger partial charge in [-0.25, -0.2) is 9.50 Å². The van der Waals surface area contributed by atoms with Crippen LogP contribution in [0.5, 0.6) is 0 Å². The minimum absolute atomic E-state index is 0.0155. The van der Waals surface area contributed by atoms with Crippen LogP contribution in [0.25, 0.3) is 5.78 Å². The number of carbonyl (C=O) groups is 1. The molecule has 1 N–H and O–H groups in total. The van der Waals surface area contributed by atoms with Crippen molar-refractivity contribution in [2.75, 3.05) is 12.8 Å². The summed E-state index contributed by atoms with van der Waals surface area (Å²) in [5, 5.41) is 8.22. The van der Waals surface area contributed by atoms with Gasteiger partial charge < -0.3 is 5.32 Å². The van der Waals surface area contributed by atoms with E-state index in [1.54, 1.807) is 4.52 Å². The van der Waals surface area contributed by atoms with Crippen LogP contribution in [0.3, 0.4) is 0 Å². The number of fused-ring (bicyclic) bond motifs is 1. The maximum atomic E-state index is 12.7. The fourth-order valence-corrected chi connectivity index (χ4v) is 3.58. The first-order valence-electron chi connectivity index (χ1n) is 9.32. The second kappa shape index (κ2) is 7.91. The molecule has 0 fully saturated rings. The standard InChI is InChI=1S/C21H27N5OS/c1-13-8-7-9-16(10-13)21(4,5)12-22-18(27)11-17-14(2)23-19-24-20(28-6)25-26(19)15(17)3/h7-10H,11-12H2,1-6H3,(H,22,27). The lowest BCUT2D eigenvalue weighted by Gasteiger charge is -2.26. The van der Waals surface area contributed by atoms with Crippen LogP contribution in [0.1, 0.15) is 41.9 Å². The number of thioether (sulfide) groups is 1. The van der Waals surface area contributed by atoms with Gasteiger partial charge in [-0.1, -0.05) is 55.4 Å². The molecule has 0 aliphatic rings. The number of hydrogen-bond donors (Lipinski definition) is 1. The lowest BCUT2D eigenvalue weighted by molar-refractivity contribution is -0.120. The van der Waals surface area contributed by atoms with Crippen molar-refractivity contribution >= 4 is 23.4 Å². The molecule has 0 radical (unpaired) electrons. The molecular formula is C21H27N5OS. The van der Waals surface area contributed by atoms with Gasteiger partial charge in [0, 0.05) is 28.9 Å². The van der Waals surface area contributed by atoms with E-state index in [-0.39, 0.29) is 17.7 Å². The molecule has 3 rings (SSSR count). The summed E-state index contributed by atoms with van der Waals surface area (Å²) in [5.41, 5.74) is 4.92. The number of nitrogens with zero attached hydrogens (tertiary/aromatic N) is 4. The molecule has 2 heterocycles. The maximum absolute atomic E-state index is 12.7. The number of amides is 1. The van der Waals surface area contributed by atoms with Crippen molar-refractivity contribution in [1.29, 1.82) is 0 Å². The van der Waals surface area contributed by atoms with Gasteiger partial charge in [0.1, 0.15) is 0 Å². The lowest BCUT2D eigenvalue weighted by atomic mass is 9.84. The summed E-state index contributed by atoms with van der Waals surface area (Å²) >= 11 is 1.48. The Morgan fingerprint density at radius 2 is 1.96 bits per heavy atom. The zero-order valence-corrected chi connectivity index (χ0v) is 18.1. The van der Waals surface area contributed by atoms with Gasteiger partial charge in [0.2, 0.25) is 11.1 Å². The van der Waals surface area contributed by atoms with E-state index in [2.05, 4.69) is 65.4 Å². The summed E-state index contributed by atoms with van der Waals surface area (Å²) in [4.78, 5) is 21.6. The van der Waals surface area contributed by atoms with Crippen molar-refractivity contribution in [3.05, 3.63) is 52.3 Å². The van der Waals surface area contributed by atoms with Gasteiger partial charge in [-0.15, -0.1) is 5.10 Å². The van der Waals surface area contributed by atoms with Crippen molar-refractivity contribution in [1.82, 2.24) is 24.9 Å². The smallest absolute Gasteiger partial charge is 0.253 e. The van der Waals surface area contributed by atoms with Crippen LogP contribution in [-0.4, -0.2) is 38.3 Å². The molecule has 0 bridgehead atoms. The van der Waals surface area contributed by atoms with Gasteiger partial charge in [0.05, 0.1) is 6.42 Å². The number of carbonyl (C=O) groups excluding carboxylic acids is 1. The Hall–Kier alpha value is -2.41. The molecule has 28 heavy (non-hydrogen) atoms. The van der Waals surface area contributed by atoms with E-state index in [1.807, 2.05) is 20.1 Å². The van der Waals surface area contributed by atoms with E-state index in [0.29, 0.717) is 17.5 Å². The van der Waals surface area contributed by atoms with Crippen LogP contribution in [-0.2, 0) is 16.6 Å². The summed E-state index contributed by atoms with van der Waals surface area (Å²) in [6, 6.07) is 8.42. The van der Waals surface area contributed by atoms with Crippen molar-refractivity contribution in [2.45, 2.75) is 51.6 Å². The monoisotopic (exact) mass is 397 g/mol. The molecule has 0 aliphatic heterocycles. The van der Waals surface area contributed by atoms with Crippen molar-refractivity contribution in [3.8, 4) is 0 Å². The van der Waals surface area contributed by atoms with E-state index >= 15 is 0 Å². The molecule has 0 atom stereocenters. The highest BCUT2D eigenvalue weighted by Crippen LogP contribution is 2.23. The molecular weight excluding hydrogens is 370 g/mol. The summed E-state index contributed by atoms with van der Waals surface area (Å²) in [7, 11) is 0. The van der Waals surface area contributed by atoms with E-state index in [0.717, 1.165) is 17.0 Å². The summed E-state index contributed by atoms with van der Waals surface area (Å²) in [6.45, 7) is 10.8. The van der Waals surface area contributed by atoms with Crippen molar-refractivity contribution in [2.24, 2.45) is 0 Å². The third-order valence-corrected chi connectivity index (χ3v) is 5.61. The molecule has 2 aromatic heterocycles. The van der Waals surface area contributed by atoms with E-state index in [4.69, 9.17) is 0 Å². The summed E-state index contributed by atoms with van der Waals surface area (Å²) < 4.78 is 1.72. The quantitative estimate of drug-likeness (QED) is 0.646. The van der Waals surface area contributed by atoms with E-state index < -0.39 is 0 Å². The van der Waals surface area contributed by atoms with Gasteiger partial charge in [0.25, 0.3) is 5.78 Å². The molecule has 1 amide bonds.